The highest BCUT2D eigenvalue weighted by atomic mass is 32.2. The lowest BCUT2D eigenvalue weighted by atomic mass is 10.1. The van der Waals surface area contributed by atoms with Crippen LogP contribution < -0.4 is 10.0 Å². The van der Waals surface area contributed by atoms with E-state index in [1.165, 1.54) is 18.4 Å². The van der Waals surface area contributed by atoms with Gasteiger partial charge in [0.15, 0.2) is 10.8 Å². The summed E-state index contributed by atoms with van der Waals surface area (Å²) in [5.74, 6) is -0.546. The Labute approximate surface area is 158 Å². The minimum absolute atomic E-state index is 0.181. The second-order valence-corrected chi connectivity index (χ2v) is 6.82. The summed E-state index contributed by atoms with van der Waals surface area (Å²) in [7, 11) is 1.30. The monoisotopic (exact) mass is 385 g/mol. The summed E-state index contributed by atoms with van der Waals surface area (Å²) in [6.45, 7) is 0. The van der Waals surface area contributed by atoms with Crippen LogP contribution in [0.4, 0.5) is 15.6 Å². The maximum absolute atomic E-state index is 12.1. The van der Waals surface area contributed by atoms with Crippen molar-refractivity contribution in [3.63, 3.8) is 0 Å². The molecule has 1 aromatic heterocycles. The van der Waals surface area contributed by atoms with Gasteiger partial charge in [-0.3, -0.25) is 10.1 Å². The Morgan fingerprint density at radius 2 is 1.69 bits per heavy atom. The number of anilines is 2. The van der Waals surface area contributed by atoms with Gasteiger partial charge >= 0.3 is 11.2 Å². The van der Waals surface area contributed by atoms with E-state index in [1.54, 1.807) is 0 Å². The zero-order valence-corrected chi connectivity index (χ0v) is 15.4. The fourth-order valence-corrected chi connectivity index (χ4v) is 3.63. The first-order valence-corrected chi connectivity index (χ1v) is 9.24. The number of carbonyl (C=O) groups excluding carboxylic acids is 2. The molecule has 0 aliphatic rings. The number of ether oxygens (including phenoxy) is 1. The van der Waals surface area contributed by atoms with E-state index >= 15 is 0 Å². The van der Waals surface area contributed by atoms with Crippen LogP contribution in [0.3, 0.4) is 0 Å². The average Bonchev–Trinajstić information content (AvgIpc) is 3.11. The van der Waals surface area contributed by atoms with Gasteiger partial charge in [0.05, 0.1) is 12.0 Å². The summed E-state index contributed by atoms with van der Waals surface area (Å²) in [6, 6.07) is 18.7. The highest BCUT2D eigenvalue weighted by Gasteiger charge is 2.21. The van der Waals surface area contributed by atoms with E-state index in [4.69, 9.17) is 4.74 Å². The Morgan fingerprint density at radius 3 is 2.35 bits per heavy atom. The van der Waals surface area contributed by atoms with Crippen molar-refractivity contribution in [2.75, 3.05) is 17.1 Å². The summed E-state index contributed by atoms with van der Waals surface area (Å²) >= 11 is 2.12. The van der Waals surface area contributed by atoms with Gasteiger partial charge in [-0.05, 0) is 17.7 Å². The van der Waals surface area contributed by atoms with Gasteiger partial charge in [0.1, 0.15) is 0 Å². The van der Waals surface area contributed by atoms with Crippen molar-refractivity contribution in [1.82, 2.24) is 4.98 Å². The lowest BCUT2D eigenvalue weighted by Crippen LogP contribution is -2.08. The molecule has 26 heavy (non-hydrogen) atoms. The molecule has 0 atom stereocenters. The number of thiazole rings is 1. The minimum atomic E-state index is -0.546. The fourth-order valence-electron chi connectivity index (χ4n) is 2.12. The molecule has 0 bridgehead atoms. The van der Waals surface area contributed by atoms with E-state index in [9.17, 15) is 9.59 Å². The van der Waals surface area contributed by atoms with Gasteiger partial charge in [0.2, 0.25) is 0 Å². The number of amides is 1. The number of carbonyl (C=O) groups is 2. The molecule has 0 saturated heterocycles. The van der Waals surface area contributed by atoms with Crippen LogP contribution in [0.25, 0.3) is 10.4 Å². The number of esters is 1. The molecule has 3 rings (SSSR count). The zero-order chi connectivity index (χ0) is 18.4. The molecule has 0 aliphatic carbocycles. The van der Waals surface area contributed by atoms with E-state index in [1.807, 2.05) is 60.7 Å². The minimum Gasteiger partial charge on any atom is -0.464 e. The van der Waals surface area contributed by atoms with Crippen LogP contribution in [0.15, 0.2) is 60.7 Å². The van der Waals surface area contributed by atoms with Crippen LogP contribution in [0.5, 0.6) is 0 Å². The third-order valence-corrected chi connectivity index (χ3v) is 4.93. The number of para-hydroxylation sites is 1. The van der Waals surface area contributed by atoms with Crippen LogP contribution in [-0.4, -0.2) is 23.3 Å². The Balaban J connectivity index is 1.74. The average molecular weight is 385 g/mol. The number of aromatic nitrogens is 1. The van der Waals surface area contributed by atoms with E-state index in [0.29, 0.717) is 10.0 Å². The first-order chi connectivity index (χ1) is 12.7. The molecule has 6 nitrogen and oxygen atoms in total. The molecule has 132 valence electrons. The largest absolute Gasteiger partial charge is 0.464 e. The molecule has 0 fully saturated rings. The van der Waals surface area contributed by atoms with Crippen molar-refractivity contribution in [2.24, 2.45) is 0 Å². The van der Waals surface area contributed by atoms with Crippen LogP contribution >= 0.6 is 23.3 Å². The second kappa shape index (κ2) is 8.50. The lowest BCUT2D eigenvalue weighted by molar-refractivity contribution is 0.0596. The van der Waals surface area contributed by atoms with Crippen molar-refractivity contribution in [3.05, 3.63) is 66.4 Å². The Bertz CT molecular complexity index is 899. The van der Waals surface area contributed by atoms with E-state index in [0.717, 1.165) is 23.2 Å². The molecular formula is C18H15N3O3S2. The van der Waals surface area contributed by atoms with Crippen molar-refractivity contribution >= 4 is 45.3 Å². The Morgan fingerprint density at radius 1 is 1.04 bits per heavy atom. The van der Waals surface area contributed by atoms with Crippen LogP contribution in [-0.2, 0) is 4.74 Å². The summed E-state index contributed by atoms with van der Waals surface area (Å²) in [6.07, 6.45) is 0. The quantitative estimate of drug-likeness (QED) is 0.481. The molecule has 0 aliphatic heterocycles. The van der Waals surface area contributed by atoms with Crippen molar-refractivity contribution in [2.45, 2.75) is 0 Å². The third kappa shape index (κ3) is 4.41. The molecule has 0 saturated carbocycles. The number of nitrogens with zero attached hydrogens (tertiary/aromatic N) is 1. The number of hydrogen-bond acceptors (Lipinski definition) is 7. The van der Waals surface area contributed by atoms with E-state index < -0.39 is 5.97 Å². The second-order valence-electron chi connectivity index (χ2n) is 5.04. The molecule has 1 amide bonds. The first-order valence-electron chi connectivity index (χ1n) is 7.61. The molecule has 0 radical (unpaired) electrons. The number of nitrogens with one attached hydrogen (secondary N) is 2. The SMILES string of the molecule is COC(=O)c1nc(NC(=O)SNc2ccccc2)sc1-c1ccccc1. The van der Waals surface area contributed by atoms with Gasteiger partial charge in [0.25, 0.3) is 0 Å². The standard InChI is InChI=1S/C18H15N3O3S2/c1-24-16(22)14-15(12-8-4-2-5-9-12)25-17(19-14)20-18(23)26-21-13-10-6-3-7-11-13/h2-11,21H,1H3,(H,19,20,23). The molecule has 3 aromatic rings. The molecule has 0 unspecified atom stereocenters. The Kier molecular flexibility index (Phi) is 5.88. The molecule has 0 spiro atoms. The lowest BCUT2D eigenvalue weighted by Gasteiger charge is -2.03. The van der Waals surface area contributed by atoms with Gasteiger partial charge in [0, 0.05) is 17.6 Å². The maximum Gasteiger partial charge on any atom is 0.358 e. The predicted molar refractivity (Wildman–Crippen MR) is 106 cm³/mol. The Hall–Kier alpha value is -2.84. The van der Waals surface area contributed by atoms with E-state index in [2.05, 4.69) is 15.0 Å². The predicted octanol–water partition coefficient (Wildman–Crippen LogP) is 4.89. The number of benzene rings is 2. The molecule has 1 heterocycles. The van der Waals surface area contributed by atoms with Gasteiger partial charge in [-0.2, -0.15) is 0 Å². The fraction of sp³-hybridized carbons (Fsp3) is 0.0556. The molecule has 2 N–H and O–H groups in total. The van der Waals surface area contributed by atoms with Gasteiger partial charge in [-0.1, -0.05) is 59.9 Å². The number of rotatable bonds is 5. The van der Waals surface area contributed by atoms with Crippen LogP contribution in [0.2, 0.25) is 0 Å². The molecule has 2 aromatic carbocycles. The van der Waals surface area contributed by atoms with Crippen molar-refractivity contribution in [1.29, 1.82) is 0 Å². The van der Waals surface area contributed by atoms with Crippen molar-refractivity contribution < 1.29 is 14.3 Å². The summed E-state index contributed by atoms with van der Waals surface area (Å²) in [5.41, 5.74) is 1.83. The highest BCUT2D eigenvalue weighted by Crippen LogP contribution is 2.34. The summed E-state index contributed by atoms with van der Waals surface area (Å²) in [4.78, 5) is 29.0. The van der Waals surface area contributed by atoms with Crippen LogP contribution in [0, 0.1) is 0 Å². The summed E-state index contributed by atoms with van der Waals surface area (Å²) in [5, 5.41) is 2.68. The maximum atomic E-state index is 12.1. The van der Waals surface area contributed by atoms with Gasteiger partial charge in [-0.15, -0.1) is 0 Å². The smallest absolute Gasteiger partial charge is 0.358 e. The highest BCUT2D eigenvalue weighted by molar-refractivity contribution is 8.15. The van der Waals surface area contributed by atoms with Gasteiger partial charge < -0.3 is 9.46 Å². The van der Waals surface area contributed by atoms with Crippen LogP contribution in [0.1, 0.15) is 10.5 Å². The normalized spacial score (nSPS) is 10.2. The van der Waals surface area contributed by atoms with E-state index in [-0.39, 0.29) is 10.9 Å². The number of methoxy groups -OCH3 is 1. The topological polar surface area (TPSA) is 80.3 Å². The number of hydrogen-bond donors (Lipinski definition) is 2. The summed E-state index contributed by atoms with van der Waals surface area (Å²) < 4.78 is 7.74. The molecular weight excluding hydrogens is 370 g/mol. The molecule has 8 heteroatoms. The zero-order valence-electron chi connectivity index (χ0n) is 13.8. The van der Waals surface area contributed by atoms with Crippen molar-refractivity contribution in [3.8, 4) is 10.4 Å². The first kappa shape index (κ1) is 18.0. The van der Waals surface area contributed by atoms with Gasteiger partial charge in [-0.25, -0.2) is 9.78 Å². The third-order valence-electron chi connectivity index (χ3n) is 3.29.